The van der Waals surface area contributed by atoms with E-state index < -0.39 is 27.7 Å². The number of alkyl halides is 3. The van der Waals surface area contributed by atoms with Crippen LogP contribution in [0.4, 0.5) is 18.9 Å². The Bertz CT molecular complexity index is 980. The Morgan fingerprint density at radius 1 is 1.03 bits per heavy atom. The molecule has 1 heterocycles. The fourth-order valence-corrected chi connectivity index (χ4v) is 4.76. The lowest BCUT2D eigenvalue weighted by molar-refractivity contribution is -0.137. The Hall–Kier alpha value is -2.39. The number of nitrogens with zero attached hydrogens (tertiary/aromatic N) is 1. The molecule has 2 aromatic rings. The molecule has 1 aliphatic heterocycles. The summed E-state index contributed by atoms with van der Waals surface area (Å²) in [5.41, 5.74) is 0.0868. The second-order valence-corrected chi connectivity index (χ2v) is 9.47. The lowest BCUT2D eigenvalue weighted by Crippen LogP contribution is -2.37. The van der Waals surface area contributed by atoms with E-state index in [-0.39, 0.29) is 11.3 Å². The fraction of sp³-hybridized carbons (Fsp3) is 0.381. The predicted octanol–water partition coefficient (Wildman–Crippen LogP) is 4.31. The third-order valence-corrected chi connectivity index (χ3v) is 7.08. The maximum Gasteiger partial charge on any atom is 0.416 e. The van der Waals surface area contributed by atoms with Crippen molar-refractivity contribution in [2.45, 2.75) is 37.3 Å². The highest BCUT2D eigenvalue weighted by Gasteiger charge is 2.30. The van der Waals surface area contributed by atoms with Crippen LogP contribution in [0.3, 0.4) is 0 Å². The van der Waals surface area contributed by atoms with Gasteiger partial charge >= 0.3 is 6.18 Å². The number of carbonyl (C=O) groups excluding carboxylic acids is 1. The molecule has 0 spiro atoms. The highest BCUT2D eigenvalue weighted by molar-refractivity contribution is 7.89. The van der Waals surface area contributed by atoms with Gasteiger partial charge < -0.3 is 5.32 Å². The summed E-state index contributed by atoms with van der Waals surface area (Å²) < 4.78 is 64.7. The Kier molecular flexibility index (Phi) is 6.52. The van der Waals surface area contributed by atoms with Crippen molar-refractivity contribution >= 4 is 21.6 Å². The van der Waals surface area contributed by atoms with Crippen LogP contribution in [0.15, 0.2) is 53.4 Å². The van der Waals surface area contributed by atoms with Crippen molar-refractivity contribution in [3.63, 3.8) is 0 Å². The zero-order valence-electron chi connectivity index (χ0n) is 16.4. The molecule has 0 bridgehead atoms. The summed E-state index contributed by atoms with van der Waals surface area (Å²) in [5.74, 6) is 0.106. The number of rotatable bonds is 5. The molecule has 1 fully saturated rings. The minimum atomic E-state index is -4.42. The van der Waals surface area contributed by atoms with Crippen LogP contribution in [0.2, 0.25) is 0 Å². The first-order chi connectivity index (χ1) is 14.1. The summed E-state index contributed by atoms with van der Waals surface area (Å²) in [6.07, 6.45) is -2.85. The predicted molar refractivity (Wildman–Crippen MR) is 107 cm³/mol. The van der Waals surface area contributed by atoms with Crippen LogP contribution in [-0.2, 0) is 27.4 Å². The van der Waals surface area contributed by atoms with Gasteiger partial charge in [-0.3, -0.25) is 4.79 Å². The number of anilines is 1. The smallest absolute Gasteiger partial charge is 0.326 e. The Morgan fingerprint density at radius 2 is 1.60 bits per heavy atom. The Balaban J connectivity index is 1.60. The first-order valence-electron chi connectivity index (χ1n) is 9.62. The van der Waals surface area contributed by atoms with Gasteiger partial charge in [0.2, 0.25) is 15.9 Å². The van der Waals surface area contributed by atoms with Crippen LogP contribution in [0, 0.1) is 5.92 Å². The van der Waals surface area contributed by atoms with Crippen molar-refractivity contribution < 1.29 is 26.4 Å². The summed E-state index contributed by atoms with van der Waals surface area (Å²) in [6.45, 7) is 3.09. The van der Waals surface area contributed by atoms with E-state index in [9.17, 15) is 26.4 Å². The number of hydrogen-bond acceptors (Lipinski definition) is 3. The molecule has 1 amide bonds. The van der Waals surface area contributed by atoms with Crippen LogP contribution in [-0.4, -0.2) is 31.7 Å². The quantitative estimate of drug-likeness (QED) is 0.754. The molecule has 1 saturated heterocycles. The molecular weight excluding hydrogens is 417 g/mol. The normalized spacial score (nSPS) is 16.4. The van der Waals surface area contributed by atoms with Crippen molar-refractivity contribution in [3.05, 3.63) is 59.7 Å². The van der Waals surface area contributed by atoms with Gasteiger partial charge in [0.25, 0.3) is 0 Å². The number of piperidine rings is 1. The largest absolute Gasteiger partial charge is 0.416 e. The van der Waals surface area contributed by atoms with Gasteiger partial charge in [-0.25, -0.2) is 8.42 Å². The van der Waals surface area contributed by atoms with Crippen molar-refractivity contribution in [1.29, 1.82) is 0 Å². The van der Waals surface area contributed by atoms with E-state index in [0.29, 0.717) is 30.3 Å². The number of amides is 1. The molecule has 9 heteroatoms. The number of sulfonamides is 1. The van der Waals surface area contributed by atoms with Crippen LogP contribution in [0.25, 0.3) is 0 Å². The SMILES string of the molecule is CC1CCN(S(=O)(=O)c2ccc(NC(=O)Cc3ccc(C(F)(F)F)cc3)cc2)CC1. The second kappa shape index (κ2) is 8.77. The van der Waals surface area contributed by atoms with Gasteiger partial charge in [0.05, 0.1) is 16.9 Å². The van der Waals surface area contributed by atoms with Crippen molar-refractivity contribution in [3.8, 4) is 0 Å². The number of hydrogen-bond donors (Lipinski definition) is 1. The minimum Gasteiger partial charge on any atom is -0.326 e. The van der Waals surface area contributed by atoms with Crippen molar-refractivity contribution in [2.75, 3.05) is 18.4 Å². The third-order valence-electron chi connectivity index (χ3n) is 5.16. The van der Waals surface area contributed by atoms with Crippen LogP contribution >= 0.6 is 0 Å². The van der Waals surface area contributed by atoms with Crippen LogP contribution < -0.4 is 5.32 Å². The maximum atomic E-state index is 12.7. The summed E-state index contributed by atoms with van der Waals surface area (Å²) in [4.78, 5) is 12.3. The van der Waals surface area contributed by atoms with E-state index in [2.05, 4.69) is 12.2 Å². The maximum absolute atomic E-state index is 12.7. The van der Waals surface area contributed by atoms with Gasteiger partial charge in [-0.2, -0.15) is 17.5 Å². The van der Waals surface area contributed by atoms with Gasteiger partial charge in [0.15, 0.2) is 0 Å². The standard InChI is InChI=1S/C21H23F3N2O3S/c1-15-10-12-26(13-11-15)30(28,29)19-8-6-18(7-9-19)25-20(27)14-16-2-4-17(5-3-16)21(22,23)24/h2-9,15H,10-14H2,1H3,(H,25,27). The zero-order chi connectivity index (χ0) is 21.9. The van der Waals surface area contributed by atoms with Crippen LogP contribution in [0.1, 0.15) is 30.9 Å². The average molecular weight is 440 g/mol. The monoisotopic (exact) mass is 440 g/mol. The molecule has 0 aromatic heterocycles. The first-order valence-corrected chi connectivity index (χ1v) is 11.1. The van der Waals surface area contributed by atoms with E-state index in [0.717, 1.165) is 25.0 Å². The van der Waals surface area contributed by atoms with E-state index in [4.69, 9.17) is 0 Å². The van der Waals surface area contributed by atoms with Crippen LogP contribution in [0.5, 0.6) is 0 Å². The molecule has 30 heavy (non-hydrogen) atoms. The number of carbonyl (C=O) groups is 1. The molecule has 162 valence electrons. The van der Waals surface area contributed by atoms with E-state index in [1.54, 1.807) is 0 Å². The van der Waals surface area contributed by atoms with E-state index >= 15 is 0 Å². The van der Waals surface area contributed by atoms with Crippen molar-refractivity contribution in [2.24, 2.45) is 5.92 Å². The van der Waals surface area contributed by atoms with Gasteiger partial charge in [0, 0.05) is 18.8 Å². The molecule has 2 aromatic carbocycles. The molecule has 1 N–H and O–H groups in total. The molecule has 0 saturated carbocycles. The fourth-order valence-electron chi connectivity index (χ4n) is 3.29. The number of halogens is 3. The zero-order valence-corrected chi connectivity index (χ0v) is 17.3. The molecular formula is C21H23F3N2O3S. The molecule has 0 radical (unpaired) electrons. The summed E-state index contributed by atoms with van der Waals surface area (Å²) in [6, 6.07) is 10.3. The minimum absolute atomic E-state index is 0.0931. The molecule has 1 aliphatic rings. The third kappa shape index (κ3) is 5.40. The van der Waals surface area contributed by atoms with E-state index in [1.165, 1.54) is 40.7 Å². The van der Waals surface area contributed by atoms with Gasteiger partial charge in [-0.05, 0) is 60.7 Å². The van der Waals surface area contributed by atoms with Gasteiger partial charge in [-0.15, -0.1) is 0 Å². The lowest BCUT2D eigenvalue weighted by atomic mass is 10.0. The number of nitrogens with one attached hydrogen (secondary N) is 1. The Labute approximate surface area is 173 Å². The molecule has 5 nitrogen and oxygen atoms in total. The molecule has 0 aliphatic carbocycles. The van der Waals surface area contributed by atoms with Gasteiger partial charge in [0.1, 0.15) is 0 Å². The molecule has 3 rings (SSSR count). The number of benzene rings is 2. The summed E-state index contributed by atoms with van der Waals surface area (Å²) >= 11 is 0. The average Bonchev–Trinajstić information content (AvgIpc) is 2.68. The topological polar surface area (TPSA) is 66.5 Å². The lowest BCUT2D eigenvalue weighted by Gasteiger charge is -2.29. The van der Waals surface area contributed by atoms with Gasteiger partial charge in [-0.1, -0.05) is 19.1 Å². The van der Waals surface area contributed by atoms with Crippen molar-refractivity contribution in [1.82, 2.24) is 4.31 Å². The highest BCUT2D eigenvalue weighted by Crippen LogP contribution is 2.29. The van der Waals surface area contributed by atoms with E-state index in [1.807, 2.05) is 0 Å². The first kappa shape index (κ1) is 22.3. The molecule has 0 unspecified atom stereocenters. The summed E-state index contributed by atoms with van der Waals surface area (Å²) in [5, 5.41) is 2.63. The Morgan fingerprint density at radius 3 is 2.13 bits per heavy atom. The highest BCUT2D eigenvalue weighted by atomic mass is 32.2. The second-order valence-electron chi connectivity index (χ2n) is 7.53. The molecule has 0 atom stereocenters. The summed E-state index contributed by atoms with van der Waals surface area (Å²) in [7, 11) is -3.57.